The zero-order valence-corrected chi connectivity index (χ0v) is 15.6. The molecule has 1 atom stereocenters. The number of benzene rings is 2. The van der Waals surface area contributed by atoms with E-state index in [1.807, 2.05) is 38.1 Å². The van der Waals surface area contributed by atoms with Gasteiger partial charge in [-0.3, -0.25) is 0 Å². The van der Waals surface area contributed by atoms with Crippen LogP contribution >= 0.6 is 31.9 Å². The van der Waals surface area contributed by atoms with E-state index < -0.39 is 10.0 Å². The van der Waals surface area contributed by atoms with Crippen molar-refractivity contribution in [1.29, 1.82) is 0 Å². The average Bonchev–Trinajstić information content (AvgIpc) is 2.38. The maximum Gasteiger partial charge on any atom is 0.242 e. The van der Waals surface area contributed by atoms with Crippen LogP contribution in [0.3, 0.4) is 0 Å². The Morgan fingerprint density at radius 1 is 1.05 bits per heavy atom. The van der Waals surface area contributed by atoms with Crippen molar-refractivity contribution in [2.75, 3.05) is 0 Å². The summed E-state index contributed by atoms with van der Waals surface area (Å²) < 4.78 is 29.2. The Hall–Kier alpha value is -0.690. The van der Waals surface area contributed by atoms with Crippen molar-refractivity contribution in [2.24, 2.45) is 0 Å². The van der Waals surface area contributed by atoms with Gasteiger partial charge < -0.3 is 0 Å². The van der Waals surface area contributed by atoms with Crippen LogP contribution in [-0.4, -0.2) is 8.42 Å². The number of sulfonamides is 1. The third kappa shape index (κ3) is 4.16. The number of hydrogen-bond donors (Lipinski definition) is 1. The van der Waals surface area contributed by atoms with Crippen LogP contribution in [-0.2, 0) is 10.0 Å². The molecule has 0 aliphatic heterocycles. The molecule has 1 N–H and O–H groups in total. The van der Waals surface area contributed by atoms with Crippen LogP contribution in [0.1, 0.15) is 24.1 Å². The van der Waals surface area contributed by atoms with Gasteiger partial charge in [0, 0.05) is 15.0 Å². The van der Waals surface area contributed by atoms with Crippen LogP contribution in [0.2, 0.25) is 0 Å². The van der Waals surface area contributed by atoms with Crippen molar-refractivity contribution in [1.82, 2.24) is 4.72 Å². The second-order valence-electron chi connectivity index (χ2n) is 4.83. The van der Waals surface area contributed by atoms with Crippen molar-refractivity contribution in [3.63, 3.8) is 0 Å². The van der Waals surface area contributed by atoms with Crippen LogP contribution in [0.4, 0.5) is 0 Å². The zero-order valence-electron chi connectivity index (χ0n) is 11.6. The lowest BCUT2D eigenvalue weighted by Gasteiger charge is -2.16. The Balaban J connectivity index is 2.26. The van der Waals surface area contributed by atoms with Crippen LogP contribution in [0.15, 0.2) is 56.3 Å². The van der Waals surface area contributed by atoms with Gasteiger partial charge >= 0.3 is 0 Å². The lowest BCUT2D eigenvalue weighted by Crippen LogP contribution is -2.27. The Morgan fingerprint density at radius 3 is 2.24 bits per heavy atom. The van der Waals surface area contributed by atoms with Crippen LogP contribution in [0.25, 0.3) is 0 Å². The highest BCUT2D eigenvalue weighted by Crippen LogP contribution is 2.25. The molecule has 0 saturated carbocycles. The van der Waals surface area contributed by atoms with Crippen molar-refractivity contribution in [2.45, 2.75) is 24.8 Å². The van der Waals surface area contributed by atoms with E-state index in [2.05, 4.69) is 36.6 Å². The average molecular weight is 433 g/mol. The molecular weight excluding hydrogens is 418 g/mol. The first-order valence-corrected chi connectivity index (χ1v) is 9.40. The predicted octanol–water partition coefficient (Wildman–Crippen LogP) is 4.56. The SMILES string of the molecule is Cc1ccc(S(=O)(=O)NC(C)c2ccc(Br)cc2)c(Br)c1. The number of aryl methyl sites for hydroxylation is 1. The van der Waals surface area contributed by atoms with E-state index in [4.69, 9.17) is 0 Å². The molecule has 0 fully saturated rings. The molecule has 1 unspecified atom stereocenters. The van der Waals surface area contributed by atoms with Gasteiger partial charge in [0.2, 0.25) is 10.0 Å². The van der Waals surface area contributed by atoms with Gasteiger partial charge in [-0.2, -0.15) is 0 Å². The van der Waals surface area contributed by atoms with Gasteiger partial charge in [-0.25, -0.2) is 13.1 Å². The lowest BCUT2D eigenvalue weighted by molar-refractivity contribution is 0.566. The van der Waals surface area contributed by atoms with Gasteiger partial charge in [0.15, 0.2) is 0 Å². The van der Waals surface area contributed by atoms with Gasteiger partial charge in [-0.05, 0) is 65.2 Å². The fraction of sp³-hybridized carbons (Fsp3) is 0.200. The fourth-order valence-corrected chi connectivity index (χ4v) is 4.63. The summed E-state index contributed by atoms with van der Waals surface area (Å²) in [6.45, 7) is 3.74. The summed E-state index contributed by atoms with van der Waals surface area (Å²) >= 11 is 6.68. The van der Waals surface area contributed by atoms with Crippen molar-refractivity contribution in [3.8, 4) is 0 Å². The first-order chi connectivity index (χ1) is 9.79. The molecular formula is C15H15Br2NO2S. The van der Waals surface area contributed by atoms with Gasteiger partial charge in [0.05, 0.1) is 4.90 Å². The number of nitrogens with one attached hydrogen (secondary N) is 1. The first-order valence-electron chi connectivity index (χ1n) is 6.33. The quantitative estimate of drug-likeness (QED) is 0.769. The van der Waals surface area contributed by atoms with Crippen molar-refractivity contribution < 1.29 is 8.42 Å². The molecule has 0 heterocycles. The summed E-state index contributed by atoms with van der Waals surface area (Å²) in [5, 5.41) is 0. The van der Waals surface area contributed by atoms with Crippen LogP contribution in [0, 0.1) is 6.92 Å². The predicted molar refractivity (Wildman–Crippen MR) is 91.8 cm³/mol. The van der Waals surface area contributed by atoms with E-state index >= 15 is 0 Å². The summed E-state index contributed by atoms with van der Waals surface area (Å²) in [7, 11) is -3.57. The first kappa shape index (κ1) is 16.7. The van der Waals surface area contributed by atoms with Crippen molar-refractivity contribution >= 4 is 41.9 Å². The van der Waals surface area contributed by atoms with Gasteiger partial charge in [0.1, 0.15) is 0 Å². The standard InChI is InChI=1S/C15H15Br2NO2S/c1-10-3-8-15(14(17)9-10)21(19,20)18-11(2)12-4-6-13(16)7-5-12/h3-9,11,18H,1-2H3. The fourth-order valence-electron chi connectivity index (χ4n) is 1.94. The van der Waals surface area contributed by atoms with E-state index in [1.54, 1.807) is 18.2 Å². The molecule has 112 valence electrons. The minimum atomic E-state index is -3.57. The van der Waals surface area contributed by atoms with E-state index in [9.17, 15) is 8.42 Å². The van der Waals surface area contributed by atoms with Gasteiger partial charge in [-0.1, -0.05) is 34.1 Å². The third-order valence-electron chi connectivity index (χ3n) is 3.08. The molecule has 0 aromatic heterocycles. The molecule has 21 heavy (non-hydrogen) atoms. The molecule has 6 heteroatoms. The molecule has 0 radical (unpaired) electrons. The molecule has 0 bridgehead atoms. The smallest absolute Gasteiger partial charge is 0.207 e. The van der Waals surface area contributed by atoms with E-state index in [1.165, 1.54) is 0 Å². The normalized spacial score (nSPS) is 13.1. The Labute approximate surface area is 142 Å². The summed E-state index contributed by atoms with van der Waals surface area (Å²) in [6, 6.07) is 12.4. The zero-order chi connectivity index (χ0) is 15.6. The Morgan fingerprint density at radius 2 is 1.67 bits per heavy atom. The second kappa shape index (κ2) is 6.60. The van der Waals surface area contributed by atoms with E-state index in [-0.39, 0.29) is 10.9 Å². The minimum Gasteiger partial charge on any atom is -0.207 e. The number of rotatable bonds is 4. The Bertz CT molecular complexity index is 743. The summed E-state index contributed by atoms with van der Waals surface area (Å²) in [4.78, 5) is 0.247. The van der Waals surface area contributed by atoms with Gasteiger partial charge in [0.25, 0.3) is 0 Å². The summed E-state index contributed by atoms with van der Waals surface area (Å²) in [5.41, 5.74) is 1.91. The monoisotopic (exact) mass is 431 g/mol. The molecule has 0 aliphatic carbocycles. The highest BCUT2D eigenvalue weighted by atomic mass is 79.9. The second-order valence-corrected chi connectivity index (χ2v) is 8.28. The topological polar surface area (TPSA) is 46.2 Å². The number of hydrogen-bond acceptors (Lipinski definition) is 2. The minimum absolute atomic E-state index is 0.247. The molecule has 0 amide bonds. The molecule has 0 spiro atoms. The van der Waals surface area contributed by atoms with Crippen molar-refractivity contribution in [3.05, 3.63) is 62.5 Å². The van der Waals surface area contributed by atoms with Crippen LogP contribution < -0.4 is 4.72 Å². The molecule has 2 aromatic rings. The highest BCUT2D eigenvalue weighted by Gasteiger charge is 2.20. The maximum atomic E-state index is 12.5. The Kier molecular flexibility index (Phi) is 5.24. The summed E-state index contributed by atoms with van der Waals surface area (Å²) in [6.07, 6.45) is 0. The summed E-state index contributed by atoms with van der Waals surface area (Å²) in [5.74, 6) is 0. The van der Waals surface area contributed by atoms with E-state index in [0.29, 0.717) is 4.47 Å². The highest BCUT2D eigenvalue weighted by molar-refractivity contribution is 9.10. The van der Waals surface area contributed by atoms with Gasteiger partial charge in [-0.15, -0.1) is 0 Å². The molecule has 0 saturated heterocycles. The molecule has 3 nitrogen and oxygen atoms in total. The molecule has 0 aliphatic rings. The maximum absolute atomic E-state index is 12.5. The van der Waals surface area contributed by atoms with Crippen LogP contribution in [0.5, 0.6) is 0 Å². The number of halogens is 2. The lowest BCUT2D eigenvalue weighted by atomic mass is 10.1. The van der Waals surface area contributed by atoms with E-state index in [0.717, 1.165) is 15.6 Å². The molecule has 2 rings (SSSR count). The molecule has 2 aromatic carbocycles. The largest absolute Gasteiger partial charge is 0.242 e. The third-order valence-corrected chi connectivity index (χ3v) is 6.12.